The molecule has 3 rings (SSSR count). The number of halogens is 2. The van der Waals surface area contributed by atoms with Gasteiger partial charge in [0, 0.05) is 25.2 Å². The van der Waals surface area contributed by atoms with Crippen LogP contribution in [0.25, 0.3) is 10.2 Å². The van der Waals surface area contributed by atoms with Crippen LogP contribution in [0.3, 0.4) is 0 Å². The fourth-order valence-electron chi connectivity index (χ4n) is 2.44. The molecule has 0 radical (unpaired) electrons. The predicted molar refractivity (Wildman–Crippen MR) is 97.6 cm³/mol. The number of aromatic nitrogens is 1. The van der Waals surface area contributed by atoms with Gasteiger partial charge in [-0.05, 0) is 18.2 Å². The van der Waals surface area contributed by atoms with Gasteiger partial charge < -0.3 is 15.0 Å². The number of methoxy groups -OCH3 is 1. The van der Waals surface area contributed by atoms with E-state index in [2.05, 4.69) is 10.3 Å². The molecule has 136 valence electrons. The van der Waals surface area contributed by atoms with Crippen LogP contribution in [0.1, 0.15) is 5.56 Å². The van der Waals surface area contributed by atoms with E-state index in [1.165, 1.54) is 17.4 Å². The van der Waals surface area contributed by atoms with Crippen molar-refractivity contribution in [3.05, 3.63) is 53.6 Å². The highest BCUT2D eigenvalue weighted by atomic mass is 32.1. The first-order chi connectivity index (χ1) is 12.5. The Kier molecular flexibility index (Phi) is 5.32. The van der Waals surface area contributed by atoms with E-state index >= 15 is 0 Å². The van der Waals surface area contributed by atoms with Crippen LogP contribution in [0.2, 0.25) is 0 Å². The van der Waals surface area contributed by atoms with E-state index in [9.17, 15) is 13.6 Å². The molecule has 0 spiro atoms. The second-order valence-electron chi connectivity index (χ2n) is 5.67. The molecule has 2 aromatic carbocycles. The lowest BCUT2D eigenvalue weighted by Gasteiger charge is -2.15. The molecule has 0 aliphatic carbocycles. The van der Waals surface area contributed by atoms with E-state index in [4.69, 9.17) is 4.74 Å². The van der Waals surface area contributed by atoms with Gasteiger partial charge in [0.1, 0.15) is 22.9 Å². The van der Waals surface area contributed by atoms with Crippen molar-refractivity contribution in [3.63, 3.8) is 0 Å². The number of thiazole rings is 1. The molecular weight excluding hydrogens is 360 g/mol. The van der Waals surface area contributed by atoms with Crippen molar-refractivity contribution in [2.24, 2.45) is 0 Å². The number of likely N-dealkylation sites (N-methyl/N-ethyl adjacent to an activating group) is 1. The summed E-state index contributed by atoms with van der Waals surface area (Å²) >= 11 is 1.45. The van der Waals surface area contributed by atoms with Crippen LogP contribution in [0, 0.1) is 11.6 Å². The maximum atomic E-state index is 13.6. The van der Waals surface area contributed by atoms with Crippen molar-refractivity contribution < 1.29 is 18.3 Å². The van der Waals surface area contributed by atoms with E-state index < -0.39 is 11.6 Å². The fraction of sp³-hybridized carbons (Fsp3) is 0.222. The number of rotatable bonds is 6. The Bertz CT molecular complexity index is 945. The summed E-state index contributed by atoms with van der Waals surface area (Å²) in [5.41, 5.74) is 0.975. The molecule has 3 aromatic rings. The monoisotopic (exact) mass is 377 g/mol. The maximum Gasteiger partial charge on any atom is 0.239 e. The Hall–Kier alpha value is -2.74. The number of hydrogen-bond acceptors (Lipinski definition) is 5. The van der Waals surface area contributed by atoms with Gasteiger partial charge in [-0.2, -0.15) is 0 Å². The lowest BCUT2D eigenvalue weighted by Crippen LogP contribution is -2.34. The van der Waals surface area contributed by atoms with Crippen LogP contribution >= 0.6 is 11.3 Å². The SMILES string of the molecule is COc1cccc2sc(N(C)CC(=O)NCc3ccc(F)cc3F)nc12. The lowest BCUT2D eigenvalue weighted by molar-refractivity contribution is -0.119. The molecular formula is C18H17F2N3O2S. The molecule has 1 amide bonds. The normalized spacial score (nSPS) is 10.8. The summed E-state index contributed by atoms with van der Waals surface area (Å²) in [7, 11) is 3.34. The van der Waals surface area contributed by atoms with E-state index in [0.29, 0.717) is 10.9 Å². The molecule has 0 saturated heterocycles. The number of para-hydroxylation sites is 1. The van der Waals surface area contributed by atoms with E-state index in [-0.39, 0.29) is 24.6 Å². The van der Waals surface area contributed by atoms with Crippen LogP contribution in [0.4, 0.5) is 13.9 Å². The zero-order valence-electron chi connectivity index (χ0n) is 14.3. The number of anilines is 1. The van der Waals surface area contributed by atoms with Gasteiger partial charge in [-0.1, -0.05) is 23.5 Å². The number of carbonyl (C=O) groups is 1. The number of nitrogens with zero attached hydrogens (tertiary/aromatic N) is 2. The van der Waals surface area contributed by atoms with Crippen molar-refractivity contribution >= 4 is 32.6 Å². The van der Waals surface area contributed by atoms with Gasteiger partial charge >= 0.3 is 0 Å². The third kappa shape index (κ3) is 3.91. The third-order valence-electron chi connectivity index (χ3n) is 3.79. The number of fused-ring (bicyclic) bond motifs is 1. The second-order valence-corrected chi connectivity index (χ2v) is 6.68. The highest BCUT2D eigenvalue weighted by Crippen LogP contribution is 2.33. The summed E-state index contributed by atoms with van der Waals surface area (Å²) in [5.74, 6) is -0.947. The summed E-state index contributed by atoms with van der Waals surface area (Å²) < 4.78 is 32.7. The zero-order valence-corrected chi connectivity index (χ0v) is 15.1. The smallest absolute Gasteiger partial charge is 0.239 e. The zero-order chi connectivity index (χ0) is 18.7. The van der Waals surface area contributed by atoms with Gasteiger partial charge in [0.2, 0.25) is 5.91 Å². The van der Waals surface area contributed by atoms with Crippen LogP contribution < -0.4 is 15.0 Å². The molecule has 8 heteroatoms. The molecule has 26 heavy (non-hydrogen) atoms. The van der Waals surface area contributed by atoms with Crippen molar-refractivity contribution in [2.75, 3.05) is 25.6 Å². The summed E-state index contributed by atoms with van der Waals surface area (Å²) in [6, 6.07) is 8.91. The topological polar surface area (TPSA) is 54.5 Å². The van der Waals surface area contributed by atoms with Crippen molar-refractivity contribution in [2.45, 2.75) is 6.54 Å². The van der Waals surface area contributed by atoms with Gasteiger partial charge in [-0.25, -0.2) is 13.8 Å². The first-order valence-corrected chi connectivity index (χ1v) is 8.65. The highest BCUT2D eigenvalue weighted by Gasteiger charge is 2.14. The quantitative estimate of drug-likeness (QED) is 0.716. The Morgan fingerprint density at radius 3 is 2.85 bits per heavy atom. The number of nitrogens with one attached hydrogen (secondary N) is 1. The maximum absolute atomic E-state index is 13.6. The number of hydrogen-bond donors (Lipinski definition) is 1. The van der Waals surface area contributed by atoms with Gasteiger partial charge in [0.05, 0.1) is 18.4 Å². The molecule has 0 saturated carbocycles. The van der Waals surface area contributed by atoms with Crippen LogP contribution in [0.5, 0.6) is 5.75 Å². The number of amides is 1. The summed E-state index contributed by atoms with van der Waals surface area (Å²) in [5, 5.41) is 3.30. The molecule has 5 nitrogen and oxygen atoms in total. The first kappa shape index (κ1) is 18.1. The molecule has 0 fully saturated rings. The first-order valence-electron chi connectivity index (χ1n) is 7.83. The second kappa shape index (κ2) is 7.65. The summed E-state index contributed by atoms with van der Waals surface area (Å²) in [6.45, 7) is 0.0530. The molecule has 1 aromatic heterocycles. The lowest BCUT2D eigenvalue weighted by atomic mass is 10.2. The Balaban J connectivity index is 1.64. The largest absolute Gasteiger partial charge is 0.494 e. The van der Waals surface area contributed by atoms with Crippen LogP contribution in [-0.4, -0.2) is 31.6 Å². The minimum Gasteiger partial charge on any atom is -0.494 e. The van der Waals surface area contributed by atoms with Crippen molar-refractivity contribution in [3.8, 4) is 5.75 Å². The fourth-order valence-corrected chi connectivity index (χ4v) is 3.38. The molecule has 0 atom stereocenters. The number of ether oxygens (including phenoxy) is 1. The average Bonchev–Trinajstić information content (AvgIpc) is 3.05. The van der Waals surface area contributed by atoms with Crippen molar-refractivity contribution in [1.29, 1.82) is 0 Å². The third-order valence-corrected chi connectivity index (χ3v) is 4.92. The van der Waals surface area contributed by atoms with Gasteiger partial charge in [-0.3, -0.25) is 4.79 Å². The number of carbonyl (C=O) groups excluding carboxylic acids is 1. The van der Waals surface area contributed by atoms with Crippen LogP contribution in [0.15, 0.2) is 36.4 Å². The Morgan fingerprint density at radius 1 is 1.31 bits per heavy atom. The van der Waals surface area contributed by atoms with Gasteiger partial charge in [0.25, 0.3) is 0 Å². The van der Waals surface area contributed by atoms with Gasteiger partial charge in [-0.15, -0.1) is 0 Å². The summed E-state index contributed by atoms with van der Waals surface area (Å²) in [6.07, 6.45) is 0. The minimum atomic E-state index is -0.683. The molecule has 0 aliphatic heterocycles. The van der Waals surface area contributed by atoms with E-state index in [0.717, 1.165) is 22.3 Å². The molecule has 0 unspecified atom stereocenters. The standard InChI is InChI=1S/C18H17F2N3O2S/c1-23(18-22-17-14(25-2)4-3-5-15(17)26-18)10-16(24)21-9-11-6-7-12(19)8-13(11)20/h3-8H,9-10H2,1-2H3,(H,21,24). The average molecular weight is 377 g/mol. The van der Waals surface area contributed by atoms with Crippen LogP contribution in [-0.2, 0) is 11.3 Å². The molecule has 1 heterocycles. The molecule has 1 N–H and O–H groups in total. The highest BCUT2D eigenvalue weighted by molar-refractivity contribution is 7.22. The summed E-state index contributed by atoms with van der Waals surface area (Å²) in [4.78, 5) is 18.3. The Morgan fingerprint density at radius 2 is 2.12 bits per heavy atom. The van der Waals surface area contributed by atoms with Gasteiger partial charge in [0.15, 0.2) is 5.13 Å². The Labute approximate surface area is 153 Å². The minimum absolute atomic E-state index is 0.00749. The van der Waals surface area contributed by atoms with E-state index in [1.54, 1.807) is 19.1 Å². The van der Waals surface area contributed by atoms with E-state index in [1.807, 2.05) is 18.2 Å². The molecule has 0 aliphatic rings. The number of benzene rings is 2. The molecule has 0 bridgehead atoms. The predicted octanol–water partition coefficient (Wildman–Crippen LogP) is 3.34. The van der Waals surface area contributed by atoms with Crippen molar-refractivity contribution in [1.82, 2.24) is 10.3 Å².